The lowest BCUT2D eigenvalue weighted by Gasteiger charge is -2.33. The van der Waals surface area contributed by atoms with Gasteiger partial charge in [0.05, 0.1) is 12.1 Å². The van der Waals surface area contributed by atoms with Crippen LogP contribution in [-0.4, -0.2) is 56.2 Å². The SMILES string of the molecule is O=C(c1cnccn1)N1C[C@@H]2CCN(Cc3cccnc3)C(=O)[C@H]2C1. The Balaban J connectivity index is 1.44. The number of hydrogen-bond acceptors (Lipinski definition) is 5. The maximum absolute atomic E-state index is 12.9. The van der Waals surface area contributed by atoms with E-state index >= 15 is 0 Å². The Bertz CT molecular complexity index is 768. The van der Waals surface area contributed by atoms with Crippen LogP contribution in [0.3, 0.4) is 0 Å². The van der Waals surface area contributed by atoms with Gasteiger partial charge in [0.2, 0.25) is 5.91 Å². The van der Waals surface area contributed by atoms with Crippen molar-refractivity contribution in [2.45, 2.75) is 13.0 Å². The number of likely N-dealkylation sites (tertiary alicyclic amines) is 2. The van der Waals surface area contributed by atoms with Gasteiger partial charge in [-0.2, -0.15) is 0 Å². The number of hydrogen-bond donors (Lipinski definition) is 0. The van der Waals surface area contributed by atoms with Gasteiger partial charge in [0.15, 0.2) is 0 Å². The Morgan fingerprint density at radius 2 is 2.04 bits per heavy atom. The second-order valence-corrected chi connectivity index (χ2v) is 6.58. The van der Waals surface area contributed by atoms with E-state index in [1.165, 1.54) is 12.4 Å². The lowest BCUT2D eigenvalue weighted by Crippen LogP contribution is -2.44. The standard InChI is InChI=1S/C18H19N5O2/c24-17-15-12-23(18(25)16-9-20-5-6-21-16)11-14(15)3-7-22(17)10-13-2-1-4-19-8-13/h1-2,4-6,8-9,14-15H,3,7,10-12H2/t14-,15-/m0/s1. The summed E-state index contributed by atoms with van der Waals surface area (Å²) in [6, 6.07) is 3.86. The van der Waals surface area contributed by atoms with Gasteiger partial charge < -0.3 is 9.80 Å². The van der Waals surface area contributed by atoms with Crippen LogP contribution in [0.25, 0.3) is 0 Å². The first kappa shape index (κ1) is 15.7. The van der Waals surface area contributed by atoms with Crippen LogP contribution >= 0.6 is 0 Å². The van der Waals surface area contributed by atoms with Gasteiger partial charge in [0.25, 0.3) is 5.91 Å². The minimum atomic E-state index is -0.144. The van der Waals surface area contributed by atoms with E-state index in [1.54, 1.807) is 23.5 Å². The summed E-state index contributed by atoms with van der Waals surface area (Å²) in [6.45, 7) is 2.38. The maximum Gasteiger partial charge on any atom is 0.274 e. The summed E-state index contributed by atoms with van der Waals surface area (Å²) in [6.07, 6.45) is 8.96. The molecule has 0 bridgehead atoms. The number of pyridine rings is 1. The van der Waals surface area contributed by atoms with Gasteiger partial charge in [-0.25, -0.2) is 4.98 Å². The van der Waals surface area contributed by atoms with Crippen molar-refractivity contribution in [1.29, 1.82) is 0 Å². The Kier molecular flexibility index (Phi) is 4.13. The van der Waals surface area contributed by atoms with Gasteiger partial charge in [-0.1, -0.05) is 6.07 Å². The highest BCUT2D eigenvalue weighted by atomic mass is 16.2. The van der Waals surface area contributed by atoms with E-state index < -0.39 is 0 Å². The molecule has 0 saturated carbocycles. The third-order valence-corrected chi connectivity index (χ3v) is 5.01. The first-order valence-electron chi connectivity index (χ1n) is 8.45. The highest BCUT2D eigenvalue weighted by Crippen LogP contribution is 2.33. The quantitative estimate of drug-likeness (QED) is 0.834. The number of piperidine rings is 1. The van der Waals surface area contributed by atoms with Crippen molar-refractivity contribution in [3.05, 3.63) is 54.4 Å². The fraction of sp³-hybridized carbons (Fsp3) is 0.389. The summed E-state index contributed by atoms with van der Waals surface area (Å²) in [5.74, 6) is 0.105. The van der Waals surface area contributed by atoms with E-state index in [-0.39, 0.29) is 23.7 Å². The molecular weight excluding hydrogens is 318 g/mol. The van der Waals surface area contributed by atoms with Crippen LogP contribution in [-0.2, 0) is 11.3 Å². The van der Waals surface area contributed by atoms with Crippen molar-refractivity contribution < 1.29 is 9.59 Å². The summed E-state index contributed by atoms with van der Waals surface area (Å²) in [4.78, 5) is 41.2. The molecule has 0 aromatic carbocycles. The molecular formula is C18H19N5O2. The van der Waals surface area contributed by atoms with Crippen molar-refractivity contribution in [2.24, 2.45) is 11.8 Å². The van der Waals surface area contributed by atoms with E-state index in [0.717, 1.165) is 18.5 Å². The molecule has 2 saturated heterocycles. The maximum atomic E-state index is 12.9. The molecule has 4 rings (SSSR count). The molecule has 7 heteroatoms. The van der Waals surface area contributed by atoms with Crippen molar-refractivity contribution in [3.8, 4) is 0 Å². The second kappa shape index (κ2) is 6.58. The zero-order valence-corrected chi connectivity index (χ0v) is 13.8. The summed E-state index contributed by atoms with van der Waals surface area (Å²) >= 11 is 0. The van der Waals surface area contributed by atoms with Crippen molar-refractivity contribution in [2.75, 3.05) is 19.6 Å². The molecule has 2 fully saturated rings. The first-order chi connectivity index (χ1) is 12.2. The second-order valence-electron chi connectivity index (χ2n) is 6.58. The van der Waals surface area contributed by atoms with Gasteiger partial charge >= 0.3 is 0 Å². The van der Waals surface area contributed by atoms with E-state index in [9.17, 15) is 9.59 Å². The summed E-state index contributed by atoms with van der Waals surface area (Å²) in [5, 5.41) is 0. The molecule has 2 aliphatic rings. The third-order valence-electron chi connectivity index (χ3n) is 5.01. The summed E-state index contributed by atoms with van der Waals surface area (Å²) in [5.41, 5.74) is 1.36. The molecule has 0 aliphatic carbocycles. The van der Waals surface area contributed by atoms with Gasteiger partial charge in [0.1, 0.15) is 5.69 Å². The molecule has 4 heterocycles. The van der Waals surface area contributed by atoms with E-state index in [1.807, 2.05) is 17.0 Å². The molecule has 2 amide bonds. The monoisotopic (exact) mass is 337 g/mol. The number of amides is 2. The predicted molar refractivity (Wildman–Crippen MR) is 89.2 cm³/mol. The van der Waals surface area contributed by atoms with Gasteiger partial charge in [0, 0.05) is 51.0 Å². The Morgan fingerprint density at radius 3 is 2.80 bits per heavy atom. The molecule has 2 aliphatic heterocycles. The number of carbonyl (C=O) groups is 2. The number of rotatable bonds is 3. The van der Waals surface area contributed by atoms with Crippen LogP contribution in [0.1, 0.15) is 22.5 Å². The lowest BCUT2D eigenvalue weighted by molar-refractivity contribution is -0.140. The topological polar surface area (TPSA) is 79.3 Å². The van der Waals surface area contributed by atoms with Crippen LogP contribution in [0.4, 0.5) is 0 Å². The Hall–Kier alpha value is -2.83. The van der Waals surface area contributed by atoms with Gasteiger partial charge in [-0.3, -0.25) is 19.6 Å². The summed E-state index contributed by atoms with van der Waals surface area (Å²) < 4.78 is 0. The number of fused-ring (bicyclic) bond motifs is 1. The first-order valence-corrected chi connectivity index (χ1v) is 8.45. The van der Waals surface area contributed by atoms with Crippen LogP contribution in [0, 0.1) is 11.8 Å². The molecule has 0 radical (unpaired) electrons. The average Bonchev–Trinajstić information content (AvgIpc) is 3.10. The van der Waals surface area contributed by atoms with Crippen molar-refractivity contribution >= 4 is 11.8 Å². The smallest absolute Gasteiger partial charge is 0.274 e. The average molecular weight is 337 g/mol. The third kappa shape index (κ3) is 3.09. The highest BCUT2D eigenvalue weighted by Gasteiger charge is 2.44. The molecule has 0 N–H and O–H groups in total. The van der Waals surface area contributed by atoms with Crippen LogP contribution in [0.15, 0.2) is 43.1 Å². The Morgan fingerprint density at radius 1 is 1.16 bits per heavy atom. The van der Waals surface area contributed by atoms with Crippen LogP contribution in [0.2, 0.25) is 0 Å². The normalized spacial score (nSPS) is 22.8. The molecule has 0 spiro atoms. The molecule has 2 atom stereocenters. The van der Waals surface area contributed by atoms with Crippen LogP contribution < -0.4 is 0 Å². The van der Waals surface area contributed by atoms with E-state index in [0.29, 0.717) is 25.3 Å². The summed E-state index contributed by atoms with van der Waals surface area (Å²) in [7, 11) is 0. The molecule has 7 nitrogen and oxygen atoms in total. The zero-order chi connectivity index (χ0) is 17.2. The number of nitrogens with zero attached hydrogens (tertiary/aromatic N) is 5. The molecule has 2 aromatic heterocycles. The lowest BCUT2D eigenvalue weighted by atomic mass is 9.88. The van der Waals surface area contributed by atoms with Gasteiger partial charge in [-0.15, -0.1) is 0 Å². The van der Waals surface area contributed by atoms with Crippen molar-refractivity contribution in [3.63, 3.8) is 0 Å². The highest BCUT2D eigenvalue weighted by molar-refractivity contribution is 5.93. The Labute approximate surface area is 145 Å². The minimum absolute atomic E-state index is 0.119. The van der Waals surface area contributed by atoms with E-state index in [4.69, 9.17) is 0 Å². The molecule has 25 heavy (non-hydrogen) atoms. The van der Waals surface area contributed by atoms with E-state index in [2.05, 4.69) is 15.0 Å². The molecule has 128 valence electrons. The predicted octanol–water partition coefficient (Wildman–Crippen LogP) is 0.992. The molecule has 0 unspecified atom stereocenters. The van der Waals surface area contributed by atoms with Gasteiger partial charge in [-0.05, 0) is 24.0 Å². The minimum Gasteiger partial charge on any atom is -0.338 e. The largest absolute Gasteiger partial charge is 0.338 e. The van der Waals surface area contributed by atoms with Crippen LogP contribution in [0.5, 0.6) is 0 Å². The van der Waals surface area contributed by atoms with Crippen molar-refractivity contribution in [1.82, 2.24) is 24.8 Å². The number of aromatic nitrogens is 3. The zero-order valence-electron chi connectivity index (χ0n) is 13.8. The number of carbonyl (C=O) groups excluding carboxylic acids is 2. The molecule has 2 aromatic rings. The fourth-order valence-corrected chi connectivity index (χ4v) is 3.72. The fourth-order valence-electron chi connectivity index (χ4n) is 3.72.